The first-order valence-corrected chi connectivity index (χ1v) is 8.96. The van der Waals surface area contributed by atoms with E-state index in [0.717, 1.165) is 24.0 Å². The van der Waals surface area contributed by atoms with Crippen molar-refractivity contribution >= 4 is 11.8 Å². The van der Waals surface area contributed by atoms with Crippen LogP contribution in [0.2, 0.25) is 0 Å². The maximum absolute atomic E-state index is 12.1. The Balaban J connectivity index is 1.44. The Morgan fingerprint density at radius 2 is 1.04 bits per heavy atom. The van der Waals surface area contributed by atoms with Crippen LogP contribution in [0.1, 0.15) is 32.2 Å². The average Bonchev–Trinajstić information content (AvgIpc) is 3.20. The molecule has 5 nitrogen and oxygen atoms in total. The van der Waals surface area contributed by atoms with E-state index in [1.54, 1.807) is 0 Å². The van der Waals surface area contributed by atoms with Gasteiger partial charge in [0.05, 0.1) is 0 Å². The van der Waals surface area contributed by atoms with Crippen molar-refractivity contribution in [2.75, 3.05) is 13.1 Å². The third kappa shape index (κ3) is 5.57. The molecule has 2 N–H and O–H groups in total. The highest BCUT2D eigenvalue weighted by Gasteiger charge is 2.15. The quantitative estimate of drug-likeness (QED) is 0.646. The van der Waals surface area contributed by atoms with Crippen LogP contribution in [0, 0.1) is 0 Å². The van der Waals surface area contributed by atoms with Gasteiger partial charge in [0.2, 0.25) is 0 Å². The average molecular weight is 362 g/mol. The molecule has 0 radical (unpaired) electrons. The smallest absolute Gasteiger partial charge is 0.287 e. The van der Waals surface area contributed by atoms with Gasteiger partial charge in [-0.15, -0.1) is 0 Å². The molecule has 0 saturated carbocycles. The van der Waals surface area contributed by atoms with Crippen molar-refractivity contribution in [2.45, 2.75) is 12.8 Å². The fourth-order valence-corrected chi connectivity index (χ4v) is 2.69. The van der Waals surface area contributed by atoms with Crippen molar-refractivity contribution in [1.82, 2.24) is 10.6 Å². The number of furan rings is 1. The van der Waals surface area contributed by atoms with Crippen LogP contribution in [-0.4, -0.2) is 24.9 Å². The Labute approximate surface area is 158 Å². The van der Waals surface area contributed by atoms with Crippen molar-refractivity contribution in [3.05, 3.63) is 95.4 Å². The summed E-state index contributed by atoms with van der Waals surface area (Å²) in [6, 6.07) is 22.8. The van der Waals surface area contributed by atoms with Gasteiger partial charge in [0.15, 0.2) is 11.5 Å². The van der Waals surface area contributed by atoms with Gasteiger partial charge in [0.25, 0.3) is 11.8 Å². The molecule has 3 rings (SSSR count). The third-order valence-corrected chi connectivity index (χ3v) is 4.14. The van der Waals surface area contributed by atoms with E-state index in [0.29, 0.717) is 13.1 Å². The van der Waals surface area contributed by atoms with Gasteiger partial charge in [0.1, 0.15) is 0 Å². The van der Waals surface area contributed by atoms with Crippen LogP contribution in [-0.2, 0) is 12.8 Å². The van der Waals surface area contributed by atoms with E-state index >= 15 is 0 Å². The zero-order chi connectivity index (χ0) is 18.9. The SMILES string of the molecule is O=C(NCCc1ccccc1)c1ccc(C(=O)NCCc2ccccc2)o1. The number of carbonyl (C=O) groups is 2. The summed E-state index contributed by atoms with van der Waals surface area (Å²) in [6.07, 6.45) is 1.47. The van der Waals surface area contributed by atoms with Gasteiger partial charge in [-0.25, -0.2) is 0 Å². The highest BCUT2D eigenvalue weighted by molar-refractivity contribution is 5.95. The summed E-state index contributed by atoms with van der Waals surface area (Å²) < 4.78 is 5.39. The molecule has 0 aliphatic heterocycles. The molecule has 2 aromatic carbocycles. The molecule has 0 atom stereocenters. The Morgan fingerprint density at radius 3 is 1.44 bits per heavy atom. The zero-order valence-corrected chi connectivity index (χ0v) is 15.0. The van der Waals surface area contributed by atoms with Gasteiger partial charge < -0.3 is 15.1 Å². The molecule has 0 aliphatic rings. The van der Waals surface area contributed by atoms with Crippen LogP contribution in [0.5, 0.6) is 0 Å². The highest BCUT2D eigenvalue weighted by Crippen LogP contribution is 2.08. The normalized spacial score (nSPS) is 10.4. The van der Waals surface area contributed by atoms with Gasteiger partial charge in [0, 0.05) is 13.1 Å². The van der Waals surface area contributed by atoms with Gasteiger partial charge >= 0.3 is 0 Å². The number of carbonyl (C=O) groups excluding carboxylic acids is 2. The standard InChI is InChI=1S/C22H22N2O3/c25-21(23-15-13-17-7-3-1-4-8-17)19-11-12-20(27-19)22(26)24-16-14-18-9-5-2-6-10-18/h1-12H,13-16H2,(H,23,25)(H,24,26). The van der Waals surface area contributed by atoms with E-state index in [2.05, 4.69) is 10.6 Å². The third-order valence-electron chi connectivity index (χ3n) is 4.14. The van der Waals surface area contributed by atoms with Crippen LogP contribution in [0.3, 0.4) is 0 Å². The highest BCUT2D eigenvalue weighted by atomic mass is 16.4. The van der Waals surface area contributed by atoms with Crippen molar-refractivity contribution in [1.29, 1.82) is 0 Å². The minimum Gasteiger partial charge on any atom is -0.446 e. The lowest BCUT2D eigenvalue weighted by Crippen LogP contribution is -2.26. The summed E-state index contributed by atoms with van der Waals surface area (Å²) in [5, 5.41) is 5.60. The van der Waals surface area contributed by atoms with Crippen LogP contribution >= 0.6 is 0 Å². The largest absolute Gasteiger partial charge is 0.446 e. The topological polar surface area (TPSA) is 71.3 Å². The molecule has 1 heterocycles. The molecule has 0 unspecified atom stereocenters. The fourth-order valence-electron chi connectivity index (χ4n) is 2.69. The maximum atomic E-state index is 12.1. The number of hydrogen-bond acceptors (Lipinski definition) is 3. The molecular weight excluding hydrogens is 340 g/mol. The van der Waals surface area contributed by atoms with Crippen LogP contribution in [0.15, 0.2) is 77.2 Å². The molecule has 3 aromatic rings. The van der Waals surface area contributed by atoms with Gasteiger partial charge in [-0.3, -0.25) is 9.59 Å². The summed E-state index contributed by atoms with van der Waals surface area (Å²) in [5.41, 5.74) is 2.30. The minimum absolute atomic E-state index is 0.135. The molecule has 0 fully saturated rings. The molecule has 138 valence electrons. The van der Waals surface area contributed by atoms with Crippen molar-refractivity contribution in [3.63, 3.8) is 0 Å². The summed E-state index contributed by atoms with van der Waals surface area (Å²) in [6.45, 7) is 1.00. The van der Waals surface area contributed by atoms with E-state index in [1.807, 2.05) is 60.7 Å². The number of hydrogen-bond donors (Lipinski definition) is 2. The predicted octanol–water partition coefficient (Wildman–Crippen LogP) is 3.22. The summed E-state index contributed by atoms with van der Waals surface area (Å²) in [7, 11) is 0. The molecule has 5 heteroatoms. The first-order chi connectivity index (χ1) is 13.2. The summed E-state index contributed by atoms with van der Waals surface area (Å²) >= 11 is 0. The maximum Gasteiger partial charge on any atom is 0.287 e. The fraction of sp³-hybridized carbons (Fsp3) is 0.182. The molecule has 1 aromatic heterocycles. The van der Waals surface area contributed by atoms with E-state index in [-0.39, 0.29) is 23.3 Å². The zero-order valence-electron chi connectivity index (χ0n) is 15.0. The van der Waals surface area contributed by atoms with E-state index in [9.17, 15) is 9.59 Å². The van der Waals surface area contributed by atoms with E-state index in [4.69, 9.17) is 4.42 Å². The van der Waals surface area contributed by atoms with Crippen molar-refractivity contribution < 1.29 is 14.0 Å². The monoisotopic (exact) mass is 362 g/mol. The van der Waals surface area contributed by atoms with E-state index < -0.39 is 0 Å². The van der Waals surface area contributed by atoms with Crippen molar-refractivity contribution in [2.24, 2.45) is 0 Å². The molecule has 0 saturated heterocycles. The number of nitrogens with one attached hydrogen (secondary N) is 2. The molecule has 0 spiro atoms. The number of amides is 2. The lowest BCUT2D eigenvalue weighted by molar-refractivity contribution is 0.0901. The number of benzene rings is 2. The Morgan fingerprint density at radius 1 is 0.630 bits per heavy atom. The first-order valence-electron chi connectivity index (χ1n) is 8.96. The molecule has 2 amide bonds. The Hall–Kier alpha value is -3.34. The second kappa shape index (κ2) is 9.38. The first kappa shape index (κ1) is 18.5. The second-order valence-corrected chi connectivity index (χ2v) is 6.15. The van der Waals surface area contributed by atoms with Gasteiger partial charge in [-0.2, -0.15) is 0 Å². The van der Waals surface area contributed by atoms with Crippen molar-refractivity contribution in [3.8, 4) is 0 Å². The van der Waals surface area contributed by atoms with Crippen LogP contribution in [0.4, 0.5) is 0 Å². The van der Waals surface area contributed by atoms with Crippen LogP contribution < -0.4 is 10.6 Å². The molecule has 0 aliphatic carbocycles. The lowest BCUT2D eigenvalue weighted by Gasteiger charge is -2.04. The summed E-state index contributed by atoms with van der Waals surface area (Å²) in [5.74, 6) is -0.379. The predicted molar refractivity (Wildman–Crippen MR) is 104 cm³/mol. The molecular formula is C22H22N2O3. The Bertz CT molecular complexity index is 801. The summed E-state index contributed by atoms with van der Waals surface area (Å²) in [4.78, 5) is 24.3. The second-order valence-electron chi connectivity index (χ2n) is 6.15. The Kier molecular flexibility index (Phi) is 6.41. The number of rotatable bonds is 8. The van der Waals surface area contributed by atoms with E-state index in [1.165, 1.54) is 12.1 Å². The van der Waals surface area contributed by atoms with Crippen LogP contribution in [0.25, 0.3) is 0 Å². The lowest BCUT2D eigenvalue weighted by atomic mass is 10.1. The minimum atomic E-state index is -0.325. The van der Waals surface area contributed by atoms with Gasteiger partial charge in [-0.05, 0) is 36.1 Å². The molecule has 27 heavy (non-hydrogen) atoms. The molecule has 0 bridgehead atoms. The van der Waals surface area contributed by atoms with Gasteiger partial charge in [-0.1, -0.05) is 60.7 Å².